The highest BCUT2D eigenvalue weighted by molar-refractivity contribution is 5.95. The zero-order valence-electron chi connectivity index (χ0n) is 14.5. The molecule has 0 radical (unpaired) electrons. The summed E-state index contributed by atoms with van der Waals surface area (Å²) in [5, 5.41) is 0. The van der Waals surface area contributed by atoms with Crippen LogP contribution in [0.1, 0.15) is 44.4 Å². The fourth-order valence-electron chi connectivity index (χ4n) is 3.23. The lowest BCUT2D eigenvalue weighted by atomic mass is 9.88. The zero-order valence-corrected chi connectivity index (χ0v) is 14.5. The van der Waals surface area contributed by atoms with E-state index in [9.17, 15) is 9.59 Å². The van der Waals surface area contributed by atoms with Crippen molar-refractivity contribution in [2.75, 3.05) is 19.8 Å². The first-order chi connectivity index (χ1) is 11.6. The van der Waals surface area contributed by atoms with Crippen molar-refractivity contribution in [3.8, 4) is 0 Å². The van der Waals surface area contributed by atoms with Crippen molar-refractivity contribution in [3.63, 3.8) is 0 Å². The van der Waals surface area contributed by atoms with Gasteiger partial charge in [0.15, 0.2) is 5.92 Å². The molecule has 1 heterocycles. The van der Waals surface area contributed by atoms with Crippen LogP contribution in [0.5, 0.6) is 0 Å². The first-order valence-electron chi connectivity index (χ1n) is 8.52. The maximum Gasteiger partial charge on any atom is 0.323 e. The van der Waals surface area contributed by atoms with Crippen molar-refractivity contribution in [2.45, 2.75) is 45.6 Å². The molecule has 1 aromatic heterocycles. The van der Waals surface area contributed by atoms with Gasteiger partial charge in [0.05, 0.1) is 19.3 Å². The van der Waals surface area contributed by atoms with Gasteiger partial charge in [-0.1, -0.05) is 6.07 Å². The van der Waals surface area contributed by atoms with E-state index < -0.39 is 24.0 Å². The predicted octanol–water partition coefficient (Wildman–Crippen LogP) is 2.26. The number of aryl methyl sites for hydroxylation is 1. The standard InChI is InChI=1S/C18H25NO5/c1-4-22-16(13-10-9-12-8-7-11-19-15(12)13)14(17(20)23-5-2)18(21)24-6-3/h7-8,11,13-14,16H,4-6,9-10H2,1-3H3. The molecule has 132 valence electrons. The number of carbonyl (C=O) groups excluding carboxylic acids is 2. The molecule has 6 nitrogen and oxygen atoms in total. The summed E-state index contributed by atoms with van der Waals surface area (Å²) in [6.07, 6.45) is 2.73. The molecule has 1 aliphatic rings. The lowest BCUT2D eigenvalue weighted by Crippen LogP contribution is -2.42. The second-order valence-electron chi connectivity index (χ2n) is 5.59. The van der Waals surface area contributed by atoms with E-state index in [-0.39, 0.29) is 19.1 Å². The lowest BCUT2D eigenvalue weighted by Gasteiger charge is -2.28. The summed E-state index contributed by atoms with van der Waals surface area (Å²) in [5.74, 6) is -2.42. The maximum atomic E-state index is 12.4. The van der Waals surface area contributed by atoms with E-state index in [1.807, 2.05) is 19.1 Å². The number of ether oxygens (including phenoxy) is 3. The minimum atomic E-state index is -1.09. The number of carbonyl (C=O) groups is 2. The van der Waals surface area contributed by atoms with Crippen LogP contribution < -0.4 is 0 Å². The smallest absolute Gasteiger partial charge is 0.323 e. The third-order valence-electron chi connectivity index (χ3n) is 4.17. The minimum Gasteiger partial charge on any atom is -0.465 e. The summed E-state index contributed by atoms with van der Waals surface area (Å²) in [6.45, 7) is 6.05. The summed E-state index contributed by atoms with van der Waals surface area (Å²) < 4.78 is 16.1. The molecular weight excluding hydrogens is 310 g/mol. The largest absolute Gasteiger partial charge is 0.465 e. The van der Waals surface area contributed by atoms with Crippen molar-refractivity contribution in [1.82, 2.24) is 4.98 Å². The predicted molar refractivity (Wildman–Crippen MR) is 87.5 cm³/mol. The number of pyridine rings is 1. The number of nitrogens with zero attached hydrogens (tertiary/aromatic N) is 1. The van der Waals surface area contributed by atoms with E-state index in [1.54, 1.807) is 20.0 Å². The number of hydrogen-bond acceptors (Lipinski definition) is 6. The van der Waals surface area contributed by atoms with Gasteiger partial charge in [0.2, 0.25) is 0 Å². The van der Waals surface area contributed by atoms with Gasteiger partial charge in [0.25, 0.3) is 0 Å². The third-order valence-corrected chi connectivity index (χ3v) is 4.17. The van der Waals surface area contributed by atoms with Crippen LogP contribution in [0.15, 0.2) is 18.3 Å². The van der Waals surface area contributed by atoms with Gasteiger partial charge in [-0.15, -0.1) is 0 Å². The number of hydrogen-bond donors (Lipinski definition) is 0. The van der Waals surface area contributed by atoms with E-state index in [2.05, 4.69) is 4.98 Å². The van der Waals surface area contributed by atoms with Crippen molar-refractivity contribution >= 4 is 11.9 Å². The van der Waals surface area contributed by atoms with Crippen LogP contribution in [0.2, 0.25) is 0 Å². The highest BCUT2D eigenvalue weighted by Crippen LogP contribution is 2.38. The number of rotatable bonds is 8. The van der Waals surface area contributed by atoms with Crippen LogP contribution in [0.3, 0.4) is 0 Å². The molecule has 2 rings (SSSR count). The summed E-state index contributed by atoms with van der Waals surface area (Å²) in [6, 6.07) is 3.92. The van der Waals surface area contributed by atoms with Gasteiger partial charge in [-0.3, -0.25) is 14.6 Å². The highest BCUT2D eigenvalue weighted by Gasteiger charge is 2.45. The Labute approximate surface area is 142 Å². The first kappa shape index (κ1) is 18.4. The molecule has 24 heavy (non-hydrogen) atoms. The lowest BCUT2D eigenvalue weighted by molar-refractivity contribution is -0.170. The van der Waals surface area contributed by atoms with E-state index in [4.69, 9.17) is 14.2 Å². The molecule has 0 saturated heterocycles. The Morgan fingerprint density at radius 1 is 1.17 bits per heavy atom. The van der Waals surface area contributed by atoms with Crippen LogP contribution in [0.4, 0.5) is 0 Å². The normalized spacial score (nSPS) is 17.4. The molecule has 1 aromatic rings. The van der Waals surface area contributed by atoms with E-state index in [1.165, 1.54) is 0 Å². The molecule has 2 atom stereocenters. The summed E-state index contributed by atoms with van der Waals surface area (Å²) >= 11 is 0. The molecule has 2 unspecified atom stereocenters. The van der Waals surface area contributed by atoms with Crippen molar-refractivity contribution in [3.05, 3.63) is 29.6 Å². The van der Waals surface area contributed by atoms with E-state index >= 15 is 0 Å². The SMILES string of the molecule is CCOC(=O)C(C(=O)OCC)C(OCC)C1CCc2cccnc21. The second kappa shape index (κ2) is 8.78. The summed E-state index contributed by atoms with van der Waals surface area (Å²) in [4.78, 5) is 29.3. The molecular formula is C18H25NO5. The second-order valence-corrected chi connectivity index (χ2v) is 5.59. The molecule has 0 aliphatic heterocycles. The quantitative estimate of drug-likeness (QED) is 0.536. The van der Waals surface area contributed by atoms with Crippen LogP contribution in [-0.2, 0) is 30.2 Å². The highest BCUT2D eigenvalue weighted by atomic mass is 16.6. The third kappa shape index (κ3) is 3.93. The Balaban J connectivity index is 2.34. The topological polar surface area (TPSA) is 74.7 Å². The molecule has 0 fully saturated rings. The Bertz CT molecular complexity index is 556. The fraction of sp³-hybridized carbons (Fsp3) is 0.611. The van der Waals surface area contributed by atoms with Gasteiger partial charge in [-0.2, -0.15) is 0 Å². The van der Waals surface area contributed by atoms with Gasteiger partial charge in [0, 0.05) is 24.4 Å². The van der Waals surface area contributed by atoms with Crippen LogP contribution in [0.25, 0.3) is 0 Å². The van der Waals surface area contributed by atoms with Gasteiger partial charge >= 0.3 is 11.9 Å². The van der Waals surface area contributed by atoms with Gasteiger partial charge in [0.1, 0.15) is 0 Å². The molecule has 0 saturated carbocycles. The van der Waals surface area contributed by atoms with E-state index in [0.29, 0.717) is 6.61 Å². The minimum absolute atomic E-state index is 0.125. The number of esters is 2. The summed E-state index contributed by atoms with van der Waals surface area (Å²) in [7, 11) is 0. The Kier molecular flexibility index (Phi) is 6.73. The van der Waals surface area contributed by atoms with Gasteiger partial charge in [-0.25, -0.2) is 0 Å². The molecule has 6 heteroatoms. The van der Waals surface area contributed by atoms with Crippen molar-refractivity contribution in [2.24, 2.45) is 5.92 Å². The maximum absolute atomic E-state index is 12.4. The summed E-state index contributed by atoms with van der Waals surface area (Å²) in [5.41, 5.74) is 2.04. The van der Waals surface area contributed by atoms with Crippen molar-refractivity contribution in [1.29, 1.82) is 0 Å². The van der Waals surface area contributed by atoms with Crippen molar-refractivity contribution < 1.29 is 23.8 Å². The number of fused-ring (bicyclic) bond motifs is 1. The Morgan fingerprint density at radius 3 is 2.42 bits per heavy atom. The Morgan fingerprint density at radius 2 is 1.83 bits per heavy atom. The van der Waals surface area contributed by atoms with Crippen LogP contribution in [0, 0.1) is 5.92 Å². The molecule has 0 N–H and O–H groups in total. The van der Waals surface area contributed by atoms with Crippen LogP contribution >= 0.6 is 0 Å². The fourth-order valence-corrected chi connectivity index (χ4v) is 3.23. The van der Waals surface area contributed by atoms with Gasteiger partial charge in [-0.05, 0) is 45.2 Å². The van der Waals surface area contributed by atoms with Crippen LogP contribution in [-0.4, -0.2) is 42.8 Å². The average molecular weight is 335 g/mol. The molecule has 0 bridgehead atoms. The van der Waals surface area contributed by atoms with Gasteiger partial charge < -0.3 is 14.2 Å². The Hall–Kier alpha value is -1.95. The van der Waals surface area contributed by atoms with E-state index in [0.717, 1.165) is 24.1 Å². The molecule has 0 amide bonds. The first-order valence-corrected chi connectivity index (χ1v) is 8.52. The zero-order chi connectivity index (χ0) is 17.5. The molecule has 1 aliphatic carbocycles. The molecule has 0 aromatic carbocycles. The monoisotopic (exact) mass is 335 g/mol. The number of aromatic nitrogens is 1. The molecule has 0 spiro atoms. The average Bonchev–Trinajstić information content (AvgIpc) is 2.99.